The Balaban J connectivity index is 3.13. The quantitative estimate of drug-likeness (QED) is 0.125. The first kappa shape index (κ1) is 28.7. The first-order valence-corrected chi connectivity index (χ1v) is 25.3. The second-order valence-electron chi connectivity index (χ2n) is 10.8. The van der Waals surface area contributed by atoms with E-state index in [4.69, 9.17) is 0 Å². The van der Waals surface area contributed by atoms with Gasteiger partial charge in [-0.05, 0) is 0 Å². The van der Waals surface area contributed by atoms with Crippen molar-refractivity contribution in [1.29, 1.82) is 0 Å². The van der Waals surface area contributed by atoms with E-state index in [1.54, 1.807) is 18.9 Å². The van der Waals surface area contributed by atoms with E-state index in [1.807, 2.05) is 7.39 Å². The van der Waals surface area contributed by atoms with Crippen LogP contribution in [0.15, 0.2) is 6.07 Å². The number of thiophene rings is 1. The predicted molar refractivity (Wildman–Crippen MR) is 149 cm³/mol. The van der Waals surface area contributed by atoms with Crippen LogP contribution >= 0.6 is 11.3 Å². The van der Waals surface area contributed by atoms with Gasteiger partial charge in [-0.25, -0.2) is 0 Å². The van der Waals surface area contributed by atoms with E-state index in [0.717, 1.165) is 0 Å². The zero-order valence-electron chi connectivity index (χ0n) is 21.8. The molecule has 0 aliphatic rings. The summed E-state index contributed by atoms with van der Waals surface area (Å²) in [5.74, 6) is 0. The van der Waals surface area contributed by atoms with Crippen molar-refractivity contribution >= 4 is 45.2 Å². The summed E-state index contributed by atoms with van der Waals surface area (Å²) in [7, 11) is -1.26. The molecule has 0 bridgehead atoms. The molecule has 0 saturated heterocycles. The predicted octanol–water partition coefficient (Wildman–Crippen LogP) is 9.25. The summed E-state index contributed by atoms with van der Waals surface area (Å²) in [6, 6.07) is 2.82. The van der Waals surface area contributed by atoms with E-state index < -0.39 is 26.5 Å². The molecule has 0 fully saturated rings. The molecule has 0 nitrogen and oxygen atoms in total. The maximum absolute atomic E-state index is 2.82. The number of hydrogen-bond acceptors (Lipinski definition) is 1. The molecule has 1 heterocycles. The van der Waals surface area contributed by atoms with Gasteiger partial charge in [0.05, 0.1) is 0 Å². The Labute approximate surface area is 199 Å². The molecule has 0 aliphatic carbocycles. The standard InChI is InChI=1S/C15H27SSi.3C4H9.Sn/c1-5-6-7-8-9-10-11-14-12-13-16-15(14)17(2,3)4;3*1-3-4-2;/h12H,5-11H2,1-4H3;3*1,3-4H2,2H3;. The van der Waals surface area contributed by atoms with Gasteiger partial charge < -0.3 is 0 Å². The van der Waals surface area contributed by atoms with Gasteiger partial charge in [-0.3, -0.25) is 0 Å². The van der Waals surface area contributed by atoms with Gasteiger partial charge in [0.15, 0.2) is 0 Å². The minimum absolute atomic E-state index is 1.26. The molecular weight excluding hydrogens is 503 g/mol. The monoisotopic (exact) mass is 558 g/mol. The molecule has 0 amide bonds. The van der Waals surface area contributed by atoms with Crippen LogP contribution in [0, 0.1) is 0 Å². The van der Waals surface area contributed by atoms with Crippen LogP contribution in [0.25, 0.3) is 0 Å². The van der Waals surface area contributed by atoms with Crippen molar-refractivity contribution in [2.24, 2.45) is 0 Å². The number of aryl methyl sites for hydroxylation is 1. The van der Waals surface area contributed by atoms with Gasteiger partial charge >= 0.3 is 201 Å². The fourth-order valence-electron chi connectivity index (χ4n) is 4.90. The zero-order valence-corrected chi connectivity index (χ0v) is 26.5. The topological polar surface area (TPSA) is 0 Å². The Kier molecular flexibility index (Phi) is 14.9. The summed E-state index contributed by atoms with van der Waals surface area (Å²) in [5.41, 5.74) is 1.80. The molecule has 1 aromatic heterocycles. The van der Waals surface area contributed by atoms with Crippen molar-refractivity contribution in [3.05, 3.63) is 11.6 Å². The first-order chi connectivity index (χ1) is 14.3. The van der Waals surface area contributed by atoms with Crippen LogP contribution in [-0.4, -0.2) is 26.5 Å². The average Bonchev–Trinajstić information content (AvgIpc) is 3.15. The molecule has 1 aromatic rings. The molecule has 0 radical (unpaired) electrons. The van der Waals surface area contributed by atoms with Crippen molar-refractivity contribution < 1.29 is 0 Å². The molecular formula is C27H54SSiSn. The Morgan fingerprint density at radius 2 is 1.13 bits per heavy atom. The third kappa shape index (κ3) is 9.69. The molecule has 176 valence electrons. The molecule has 0 spiro atoms. The summed E-state index contributed by atoms with van der Waals surface area (Å²) < 4.78 is 8.71. The minimum atomic E-state index is -2.27. The van der Waals surface area contributed by atoms with Gasteiger partial charge in [-0.2, -0.15) is 0 Å². The van der Waals surface area contributed by atoms with E-state index in [-0.39, 0.29) is 0 Å². The normalized spacial score (nSPS) is 12.6. The van der Waals surface area contributed by atoms with Gasteiger partial charge in [0.25, 0.3) is 0 Å². The fraction of sp³-hybridized carbons (Fsp3) is 0.852. The van der Waals surface area contributed by atoms with Gasteiger partial charge in [0, 0.05) is 0 Å². The Morgan fingerprint density at radius 3 is 1.60 bits per heavy atom. The summed E-state index contributed by atoms with van der Waals surface area (Å²) in [6.45, 7) is 17.3. The van der Waals surface area contributed by atoms with Crippen LogP contribution in [0.2, 0.25) is 33.0 Å². The first-order valence-electron chi connectivity index (χ1n) is 13.5. The Morgan fingerprint density at radius 1 is 0.667 bits per heavy atom. The van der Waals surface area contributed by atoms with E-state index in [0.29, 0.717) is 0 Å². The third-order valence-electron chi connectivity index (χ3n) is 6.84. The number of hydrogen-bond donors (Lipinski definition) is 0. The van der Waals surface area contributed by atoms with Gasteiger partial charge in [0.2, 0.25) is 0 Å². The molecule has 1 rings (SSSR count). The molecule has 0 aliphatic heterocycles. The molecule has 0 saturated carbocycles. The zero-order chi connectivity index (χ0) is 22.5. The SMILES string of the molecule is CCCCCCCCc1c[c]([Sn]([CH2]CCC)([CH2]CCC)[CH2]CCC)sc1[Si](C)(C)C. The van der Waals surface area contributed by atoms with E-state index >= 15 is 0 Å². The van der Waals surface area contributed by atoms with Crippen LogP contribution in [0.5, 0.6) is 0 Å². The average molecular weight is 558 g/mol. The summed E-state index contributed by atoms with van der Waals surface area (Å²) in [4.78, 5) is 0. The van der Waals surface area contributed by atoms with Crippen LogP contribution < -0.4 is 7.39 Å². The second-order valence-corrected chi connectivity index (χ2v) is 31.4. The van der Waals surface area contributed by atoms with Crippen molar-refractivity contribution in [1.82, 2.24) is 0 Å². The molecule has 30 heavy (non-hydrogen) atoms. The second kappa shape index (κ2) is 15.5. The summed E-state index contributed by atoms with van der Waals surface area (Å²) in [5, 5.41) is 0. The summed E-state index contributed by atoms with van der Waals surface area (Å²) in [6.07, 6.45) is 18.5. The van der Waals surface area contributed by atoms with Crippen molar-refractivity contribution in [2.75, 3.05) is 0 Å². The van der Waals surface area contributed by atoms with E-state index in [1.165, 1.54) is 83.5 Å². The van der Waals surface area contributed by atoms with Crippen LogP contribution in [0.4, 0.5) is 0 Å². The molecule has 3 heteroatoms. The van der Waals surface area contributed by atoms with Gasteiger partial charge in [-0.15, -0.1) is 0 Å². The fourth-order valence-corrected chi connectivity index (χ4v) is 28.6. The Bertz CT molecular complexity index is 536. The summed E-state index contributed by atoms with van der Waals surface area (Å²) >= 11 is 0.0782. The van der Waals surface area contributed by atoms with Gasteiger partial charge in [0.1, 0.15) is 0 Å². The third-order valence-corrected chi connectivity index (χ3v) is 29.9. The van der Waals surface area contributed by atoms with Crippen molar-refractivity contribution in [2.45, 2.75) is 144 Å². The van der Waals surface area contributed by atoms with Crippen LogP contribution in [0.1, 0.15) is 110 Å². The maximum atomic E-state index is 2.82. The molecule has 0 atom stereocenters. The van der Waals surface area contributed by atoms with E-state index in [2.05, 4.69) is 64.7 Å². The number of rotatable bonds is 18. The van der Waals surface area contributed by atoms with Crippen LogP contribution in [0.3, 0.4) is 0 Å². The molecule has 0 unspecified atom stereocenters. The molecule has 0 N–H and O–H groups in total. The van der Waals surface area contributed by atoms with Crippen LogP contribution in [-0.2, 0) is 6.42 Å². The number of unbranched alkanes of at least 4 members (excludes halogenated alkanes) is 8. The van der Waals surface area contributed by atoms with Gasteiger partial charge in [-0.1, -0.05) is 0 Å². The Hall–Kier alpha value is 0.716. The van der Waals surface area contributed by atoms with Crippen molar-refractivity contribution in [3.63, 3.8) is 0 Å². The van der Waals surface area contributed by atoms with Crippen molar-refractivity contribution in [3.8, 4) is 0 Å². The molecule has 0 aromatic carbocycles. The van der Waals surface area contributed by atoms with E-state index in [9.17, 15) is 0 Å².